The Kier molecular flexibility index (Phi) is 7.18. The summed E-state index contributed by atoms with van der Waals surface area (Å²) in [5.74, 6) is 0.625. The van der Waals surface area contributed by atoms with E-state index >= 15 is 0 Å². The van der Waals surface area contributed by atoms with Crippen LogP contribution in [-0.4, -0.2) is 67.7 Å². The smallest absolute Gasteiger partial charge is 0.352 e. The Labute approximate surface area is 165 Å². The van der Waals surface area contributed by atoms with E-state index in [0.717, 1.165) is 12.1 Å². The number of halogens is 3. The zero-order chi connectivity index (χ0) is 20.0. The first-order valence-corrected chi connectivity index (χ1v) is 9.98. The van der Waals surface area contributed by atoms with E-state index in [1.807, 2.05) is 0 Å². The first kappa shape index (κ1) is 20.9. The van der Waals surface area contributed by atoms with Gasteiger partial charge in [0.25, 0.3) is 0 Å². The fourth-order valence-electron chi connectivity index (χ4n) is 3.88. The molecule has 2 N–H and O–H groups in total. The monoisotopic (exact) mass is 397 g/mol. The van der Waals surface area contributed by atoms with Crippen LogP contribution in [0.15, 0.2) is 29.3 Å². The van der Waals surface area contributed by atoms with Crippen LogP contribution in [0.5, 0.6) is 0 Å². The third-order valence-corrected chi connectivity index (χ3v) is 5.33. The lowest BCUT2D eigenvalue weighted by Gasteiger charge is -2.20. The van der Waals surface area contributed by atoms with E-state index < -0.39 is 12.7 Å². The number of alkyl halides is 3. The maximum Gasteiger partial charge on any atom is 0.401 e. The molecule has 1 aromatic carbocycles. The SMILES string of the molecule is CN=C(NCc1ccc(CN2CCCC2)cc1)NC1CCN(CC(F)(F)F)C1. The second-order valence-corrected chi connectivity index (χ2v) is 7.71. The van der Waals surface area contributed by atoms with Crippen LogP contribution in [0.3, 0.4) is 0 Å². The summed E-state index contributed by atoms with van der Waals surface area (Å²) < 4.78 is 37.5. The maximum absolute atomic E-state index is 12.5. The second-order valence-electron chi connectivity index (χ2n) is 7.71. The van der Waals surface area contributed by atoms with Gasteiger partial charge in [-0.05, 0) is 43.5 Å². The van der Waals surface area contributed by atoms with E-state index in [1.54, 1.807) is 7.05 Å². The third-order valence-electron chi connectivity index (χ3n) is 5.33. The molecule has 8 heteroatoms. The highest BCUT2D eigenvalue weighted by molar-refractivity contribution is 5.80. The van der Waals surface area contributed by atoms with Crippen molar-refractivity contribution in [3.05, 3.63) is 35.4 Å². The molecule has 3 rings (SSSR count). The van der Waals surface area contributed by atoms with Gasteiger partial charge >= 0.3 is 6.18 Å². The lowest BCUT2D eigenvalue weighted by Crippen LogP contribution is -2.44. The van der Waals surface area contributed by atoms with Crippen molar-refractivity contribution in [3.8, 4) is 0 Å². The Morgan fingerprint density at radius 2 is 1.75 bits per heavy atom. The fourth-order valence-corrected chi connectivity index (χ4v) is 3.88. The number of guanidine groups is 1. The van der Waals surface area contributed by atoms with Gasteiger partial charge < -0.3 is 10.6 Å². The van der Waals surface area contributed by atoms with Crippen LogP contribution < -0.4 is 10.6 Å². The third kappa shape index (κ3) is 6.67. The summed E-state index contributed by atoms with van der Waals surface area (Å²) in [6.45, 7) is 3.99. The molecule has 0 amide bonds. The maximum atomic E-state index is 12.5. The molecule has 2 aliphatic rings. The molecule has 1 atom stereocenters. The fraction of sp³-hybridized carbons (Fsp3) is 0.650. The first-order valence-electron chi connectivity index (χ1n) is 9.98. The molecule has 0 aliphatic carbocycles. The normalized spacial score (nSPS) is 22.0. The minimum atomic E-state index is -4.14. The van der Waals surface area contributed by atoms with E-state index in [1.165, 1.54) is 36.4 Å². The number of benzene rings is 1. The van der Waals surface area contributed by atoms with Crippen molar-refractivity contribution in [1.82, 2.24) is 20.4 Å². The highest BCUT2D eigenvalue weighted by atomic mass is 19.4. The van der Waals surface area contributed by atoms with Gasteiger partial charge in [-0.15, -0.1) is 0 Å². The molecule has 156 valence electrons. The molecule has 0 spiro atoms. The molecule has 2 fully saturated rings. The number of rotatable bonds is 6. The van der Waals surface area contributed by atoms with Gasteiger partial charge in [0.05, 0.1) is 6.54 Å². The molecule has 1 aromatic rings. The lowest BCUT2D eigenvalue weighted by atomic mass is 10.1. The predicted molar refractivity (Wildman–Crippen MR) is 105 cm³/mol. The van der Waals surface area contributed by atoms with Crippen molar-refractivity contribution in [2.45, 2.75) is 44.6 Å². The summed E-state index contributed by atoms with van der Waals surface area (Å²) in [6, 6.07) is 8.55. The zero-order valence-corrected chi connectivity index (χ0v) is 16.4. The molecule has 1 unspecified atom stereocenters. The number of hydrogen-bond acceptors (Lipinski definition) is 3. The molecule has 2 saturated heterocycles. The molecule has 0 aromatic heterocycles. The van der Waals surface area contributed by atoms with Crippen molar-refractivity contribution >= 4 is 5.96 Å². The largest absolute Gasteiger partial charge is 0.401 e. The van der Waals surface area contributed by atoms with E-state index in [0.29, 0.717) is 32.0 Å². The van der Waals surface area contributed by atoms with Crippen LogP contribution in [0.4, 0.5) is 13.2 Å². The van der Waals surface area contributed by atoms with Crippen LogP contribution in [0.25, 0.3) is 0 Å². The van der Waals surface area contributed by atoms with Gasteiger partial charge in [0, 0.05) is 39.3 Å². The van der Waals surface area contributed by atoms with Gasteiger partial charge in [-0.3, -0.25) is 14.8 Å². The molecular formula is C20H30F3N5. The number of likely N-dealkylation sites (tertiary alicyclic amines) is 2. The molecule has 0 saturated carbocycles. The Balaban J connectivity index is 1.41. The van der Waals surface area contributed by atoms with Crippen molar-refractivity contribution in [1.29, 1.82) is 0 Å². The minimum Gasteiger partial charge on any atom is -0.352 e. The number of aliphatic imine (C=N–C) groups is 1. The average molecular weight is 397 g/mol. The van der Waals surface area contributed by atoms with Crippen molar-refractivity contribution < 1.29 is 13.2 Å². The predicted octanol–water partition coefficient (Wildman–Crippen LogP) is 2.58. The van der Waals surface area contributed by atoms with Crippen LogP contribution in [0, 0.1) is 0 Å². The van der Waals surface area contributed by atoms with Crippen molar-refractivity contribution in [2.24, 2.45) is 4.99 Å². The van der Waals surface area contributed by atoms with Crippen LogP contribution in [0.1, 0.15) is 30.4 Å². The number of nitrogens with zero attached hydrogens (tertiary/aromatic N) is 3. The van der Waals surface area contributed by atoms with Crippen LogP contribution in [-0.2, 0) is 13.1 Å². The second kappa shape index (κ2) is 9.60. The van der Waals surface area contributed by atoms with Crippen LogP contribution in [0.2, 0.25) is 0 Å². The molecule has 2 heterocycles. The Morgan fingerprint density at radius 3 is 2.39 bits per heavy atom. The zero-order valence-electron chi connectivity index (χ0n) is 16.4. The molecule has 0 bridgehead atoms. The van der Waals surface area contributed by atoms with E-state index in [4.69, 9.17) is 0 Å². The van der Waals surface area contributed by atoms with Gasteiger partial charge in [-0.25, -0.2) is 0 Å². The summed E-state index contributed by atoms with van der Waals surface area (Å²) in [4.78, 5) is 8.11. The van der Waals surface area contributed by atoms with Crippen LogP contribution >= 0.6 is 0 Å². The Hall–Kier alpha value is -1.80. The minimum absolute atomic E-state index is 0.0172. The van der Waals surface area contributed by atoms with Crippen molar-refractivity contribution in [3.63, 3.8) is 0 Å². The van der Waals surface area contributed by atoms with E-state index in [9.17, 15) is 13.2 Å². The summed E-state index contributed by atoms with van der Waals surface area (Å²) in [7, 11) is 1.68. The van der Waals surface area contributed by atoms with Crippen molar-refractivity contribution in [2.75, 3.05) is 39.8 Å². The Bertz CT molecular complexity index is 638. The molecule has 5 nitrogen and oxygen atoms in total. The summed E-state index contributed by atoms with van der Waals surface area (Å²) in [5.41, 5.74) is 2.47. The van der Waals surface area contributed by atoms with E-state index in [2.05, 4.69) is 44.8 Å². The van der Waals surface area contributed by atoms with E-state index in [-0.39, 0.29) is 6.04 Å². The molecule has 2 aliphatic heterocycles. The van der Waals surface area contributed by atoms with Gasteiger partial charge in [0.1, 0.15) is 0 Å². The summed E-state index contributed by atoms with van der Waals surface area (Å²) >= 11 is 0. The molecular weight excluding hydrogens is 367 g/mol. The highest BCUT2D eigenvalue weighted by Gasteiger charge is 2.34. The first-order chi connectivity index (χ1) is 13.4. The number of hydrogen-bond donors (Lipinski definition) is 2. The topological polar surface area (TPSA) is 42.9 Å². The molecule has 0 radical (unpaired) electrons. The van der Waals surface area contributed by atoms with Gasteiger partial charge in [-0.1, -0.05) is 24.3 Å². The molecule has 28 heavy (non-hydrogen) atoms. The summed E-state index contributed by atoms with van der Waals surface area (Å²) in [5, 5.41) is 6.49. The standard InChI is InChI=1S/C20H30F3N5/c1-24-19(26-18-8-11-28(14-18)15-20(21,22)23)25-12-16-4-6-17(7-5-16)13-27-9-2-3-10-27/h4-7,18H,2-3,8-15H2,1H3,(H2,24,25,26). The number of nitrogens with one attached hydrogen (secondary N) is 2. The quantitative estimate of drug-likeness (QED) is 0.572. The highest BCUT2D eigenvalue weighted by Crippen LogP contribution is 2.20. The van der Waals surface area contributed by atoms with Gasteiger partial charge in [-0.2, -0.15) is 13.2 Å². The van der Waals surface area contributed by atoms with Gasteiger partial charge in [0.2, 0.25) is 0 Å². The van der Waals surface area contributed by atoms with Gasteiger partial charge in [0.15, 0.2) is 5.96 Å². The summed E-state index contributed by atoms with van der Waals surface area (Å²) in [6.07, 6.45) is -0.871. The Morgan fingerprint density at radius 1 is 1.07 bits per heavy atom. The lowest BCUT2D eigenvalue weighted by molar-refractivity contribution is -0.143. The average Bonchev–Trinajstić information content (AvgIpc) is 3.30.